The molecule has 0 fully saturated rings. The number of alkyl carbamates (subject to hydrolysis) is 1. The van der Waals surface area contributed by atoms with Crippen molar-refractivity contribution in [1.82, 2.24) is 10.6 Å². The molecule has 206 valence electrons. The topological polar surface area (TPSA) is 105 Å². The summed E-state index contributed by atoms with van der Waals surface area (Å²) in [5, 5.41) is 14.7. The fourth-order valence-corrected chi connectivity index (χ4v) is 3.53. The van der Waals surface area contributed by atoms with E-state index in [1.807, 2.05) is 0 Å². The van der Waals surface area contributed by atoms with Gasteiger partial charge in [-0.05, 0) is 92.4 Å². The number of aliphatic carboxylic acids is 1. The number of thiol groups is 1. The van der Waals surface area contributed by atoms with Gasteiger partial charge in [-0.3, -0.25) is 4.79 Å². The standard InChI is InChI=1S/C28H48N2O5S/c1-19(2)13-11-15-22(6)17-12-16-21(5)14-9-10-18-23(26(32)33)29-25(31)24(20(3)4)30-27(34)35-28(7,8)36/h13-14,17,20,23-24,36H,9-12,15-16,18H2,1-8H3,(H,29,31)(H,30,34)(H,32,33)/b21-14+,22-17+/t23-,24+/m1/s1. The maximum Gasteiger partial charge on any atom is 0.409 e. The van der Waals surface area contributed by atoms with Crippen LogP contribution in [0.1, 0.15) is 100 Å². The normalized spacial score (nSPS) is 14.2. The molecule has 8 heteroatoms. The van der Waals surface area contributed by atoms with Gasteiger partial charge in [0.05, 0.1) is 0 Å². The van der Waals surface area contributed by atoms with Gasteiger partial charge in [0, 0.05) is 0 Å². The molecule has 0 aliphatic rings. The van der Waals surface area contributed by atoms with E-state index in [0.717, 1.165) is 32.1 Å². The number of nitrogens with one attached hydrogen (secondary N) is 2. The highest BCUT2D eigenvalue weighted by Gasteiger charge is 2.30. The highest BCUT2D eigenvalue weighted by molar-refractivity contribution is 7.81. The Hall–Kier alpha value is -2.22. The summed E-state index contributed by atoms with van der Waals surface area (Å²) in [5.74, 6) is -1.91. The molecule has 0 unspecified atom stereocenters. The molecule has 0 spiro atoms. The van der Waals surface area contributed by atoms with Crippen LogP contribution in [0.25, 0.3) is 0 Å². The average Bonchev–Trinajstić information content (AvgIpc) is 2.72. The lowest BCUT2D eigenvalue weighted by molar-refractivity contribution is -0.142. The fourth-order valence-electron chi connectivity index (χ4n) is 3.45. The summed E-state index contributed by atoms with van der Waals surface area (Å²) in [4.78, 5) is 35.5. The van der Waals surface area contributed by atoms with Crippen molar-refractivity contribution < 1.29 is 24.2 Å². The zero-order valence-corrected chi connectivity index (χ0v) is 24.3. The van der Waals surface area contributed by atoms with E-state index in [4.69, 9.17) is 4.74 Å². The highest BCUT2D eigenvalue weighted by atomic mass is 32.1. The summed E-state index contributed by atoms with van der Waals surface area (Å²) in [6.45, 7) is 15.2. The summed E-state index contributed by atoms with van der Waals surface area (Å²) < 4.78 is 5.09. The molecule has 0 aromatic heterocycles. The second-order valence-corrected chi connectivity index (χ2v) is 11.6. The molecule has 7 nitrogen and oxygen atoms in total. The zero-order valence-electron chi connectivity index (χ0n) is 23.4. The van der Waals surface area contributed by atoms with Crippen molar-refractivity contribution >= 4 is 30.6 Å². The first-order valence-electron chi connectivity index (χ1n) is 12.8. The minimum Gasteiger partial charge on any atom is -0.480 e. The van der Waals surface area contributed by atoms with Gasteiger partial charge in [-0.2, -0.15) is 0 Å². The van der Waals surface area contributed by atoms with Crippen LogP contribution in [0.15, 0.2) is 34.9 Å². The molecule has 3 N–H and O–H groups in total. The van der Waals surface area contributed by atoms with Crippen LogP contribution in [0.3, 0.4) is 0 Å². The van der Waals surface area contributed by atoms with Gasteiger partial charge in [0.15, 0.2) is 4.93 Å². The first kappa shape index (κ1) is 33.8. The van der Waals surface area contributed by atoms with Gasteiger partial charge >= 0.3 is 12.1 Å². The zero-order chi connectivity index (χ0) is 27.9. The van der Waals surface area contributed by atoms with Gasteiger partial charge < -0.3 is 20.5 Å². The Kier molecular flexibility index (Phi) is 16.2. The van der Waals surface area contributed by atoms with Gasteiger partial charge in [0.25, 0.3) is 0 Å². The van der Waals surface area contributed by atoms with Crippen molar-refractivity contribution in [2.24, 2.45) is 5.92 Å². The number of hydrogen-bond acceptors (Lipinski definition) is 5. The summed E-state index contributed by atoms with van der Waals surface area (Å²) in [5.41, 5.74) is 4.02. The third kappa shape index (κ3) is 17.2. The van der Waals surface area contributed by atoms with E-state index in [-0.39, 0.29) is 5.92 Å². The second-order valence-electron chi connectivity index (χ2n) is 10.5. The number of unbranched alkanes of at least 4 members (excludes halogenated alkanes) is 1. The Morgan fingerprint density at radius 2 is 1.44 bits per heavy atom. The highest BCUT2D eigenvalue weighted by Crippen LogP contribution is 2.15. The number of carbonyl (C=O) groups is 3. The first-order chi connectivity index (χ1) is 16.6. The number of carbonyl (C=O) groups excluding carboxylic acids is 2. The van der Waals surface area contributed by atoms with E-state index in [1.54, 1.807) is 27.7 Å². The third-order valence-electron chi connectivity index (χ3n) is 5.49. The first-order valence-corrected chi connectivity index (χ1v) is 13.3. The van der Waals surface area contributed by atoms with Crippen molar-refractivity contribution in [3.63, 3.8) is 0 Å². The summed E-state index contributed by atoms with van der Waals surface area (Å²) >= 11 is 4.14. The van der Waals surface area contributed by atoms with Crippen LogP contribution in [0.5, 0.6) is 0 Å². The van der Waals surface area contributed by atoms with Gasteiger partial charge in [-0.25, -0.2) is 9.59 Å². The number of ether oxygens (including phenoxy) is 1. The monoisotopic (exact) mass is 524 g/mol. The van der Waals surface area contributed by atoms with E-state index in [9.17, 15) is 19.5 Å². The molecule has 2 amide bonds. The number of rotatable bonds is 16. The fraction of sp³-hybridized carbons (Fsp3) is 0.679. The summed E-state index contributed by atoms with van der Waals surface area (Å²) in [6, 6.07) is -1.95. The Balaban J connectivity index is 4.69. The minimum atomic E-state index is -1.10. The van der Waals surface area contributed by atoms with E-state index in [1.165, 1.54) is 16.7 Å². The molecule has 0 aliphatic heterocycles. The van der Waals surface area contributed by atoms with Crippen LogP contribution in [-0.4, -0.2) is 40.1 Å². The third-order valence-corrected chi connectivity index (χ3v) is 5.58. The quantitative estimate of drug-likeness (QED) is 0.0792. The molecule has 0 bridgehead atoms. The predicted octanol–water partition coefficient (Wildman–Crippen LogP) is 6.56. The van der Waals surface area contributed by atoms with E-state index in [2.05, 4.69) is 69.2 Å². The van der Waals surface area contributed by atoms with Crippen molar-refractivity contribution in [3.05, 3.63) is 34.9 Å². The van der Waals surface area contributed by atoms with E-state index in [0.29, 0.717) is 12.8 Å². The maximum absolute atomic E-state index is 12.7. The van der Waals surface area contributed by atoms with Crippen LogP contribution < -0.4 is 10.6 Å². The molecule has 0 rings (SSSR count). The summed E-state index contributed by atoms with van der Waals surface area (Å²) in [7, 11) is 0. The molecular formula is C28H48N2O5S. The van der Waals surface area contributed by atoms with Gasteiger partial charge in [0.1, 0.15) is 12.1 Å². The van der Waals surface area contributed by atoms with Crippen molar-refractivity contribution in [2.45, 2.75) is 117 Å². The minimum absolute atomic E-state index is 0.259. The largest absolute Gasteiger partial charge is 0.480 e. The Morgan fingerprint density at radius 3 is 1.92 bits per heavy atom. The lowest BCUT2D eigenvalue weighted by Gasteiger charge is -2.26. The van der Waals surface area contributed by atoms with Crippen molar-refractivity contribution in [3.8, 4) is 0 Å². The van der Waals surface area contributed by atoms with Crippen LogP contribution in [0.2, 0.25) is 0 Å². The second kappa shape index (κ2) is 17.3. The molecular weight excluding hydrogens is 476 g/mol. The summed E-state index contributed by atoms with van der Waals surface area (Å²) in [6.07, 6.45) is 11.7. The molecule has 0 radical (unpaired) electrons. The Morgan fingerprint density at radius 1 is 0.917 bits per heavy atom. The SMILES string of the molecule is CC(C)=CCC/C(C)=C/CC/C(C)=C/CCC[C@@H](NC(=O)[C@@H](NC(=O)OC(C)(C)S)C(C)C)C(=O)O. The van der Waals surface area contributed by atoms with Gasteiger partial charge in [0.2, 0.25) is 5.91 Å². The molecule has 36 heavy (non-hydrogen) atoms. The van der Waals surface area contributed by atoms with Crippen LogP contribution >= 0.6 is 12.6 Å². The maximum atomic E-state index is 12.7. The molecule has 2 atom stereocenters. The molecule has 0 aromatic rings. The number of hydrogen-bond donors (Lipinski definition) is 4. The van der Waals surface area contributed by atoms with Gasteiger partial charge in [-0.15, -0.1) is 12.6 Å². The molecule has 0 aromatic carbocycles. The van der Waals surface area contributed by atoms with E-state index < -0.39 is 35.0 Å². The number of carboxylic acid groups (broad SMARTS) is 1. The van der Waals surface area contributed by atoms with Crippen LogP contribution in [0, 0.1) is 5.92 Å². The van der Waals surface area contributed by atoms with Gasteiger partial charge in [-0.1, -0.05) is 48.8 Å². The number of amides is 2. The predicted molar refractivity (Wildman–Crippen MR) is 150 cm³/mol. The Labute approximate surface area is 223 Å². The molecule has 0 saturated carbocycles. The molecule has 0 heterocycles. The lowest BCUT2D eigenvalue weighted by atomic mass is 10.0. The smallest absolute Gasteiger partial charge is 0.409 e. The van der Waals surface area contributed by atoms with Crippen LogP contribution in [0.4, 0.5) is 4.79 Å². The Bertz CT molecular complexity index is 805. The van der Waals surface area contributed by atoms with Crippen molar-refractivity contribution in [2.75, 3.05) is 0 Å². The number of carboxylic acids is 1. The molecule has 0 aliphatic carbocycles. The number of allylic oxidation sites excluding steroid dienone is 6. The molecule has 0 saturated heterocycles. The van der Waals surface area contributed by atoms with Crippen molar-refractivity contribution in [1.29, 1.82) is 0 Å². The lowest BCUT2D eigenvalue weighted by Crippen LogP contribution is -2.54. The van der Waals surface area contributed by atoms with Crippen LogP contribution in [-0.2, 0) is 14.3 Å². The average molecular weight is 525 g/mol. The van der Waals surface area contributed by atoms with E-state index >= 15 is 0 Å².